The number of benzene rings is 2. The van der Waals surface area contributed by atoms with Crippen LogP contribution in [-0.4, -0.2) is 5.91 Å². The van der Waals surface area contributed by atoms with Gasteiger partial charge in [0.15, 0.2) is 0 Å². The van der Waals surface area contributed by atoms with Crippen molar-refractivity contribution in [3.8, 4) is 0 Å². The number of anilines is 1. The summed E-state index contributed by atoms with van der Waals surface area (Å²) in [5.74, 6) is -0.233. The Kier molecular flexibility index (Phi) is 4.50. The summed E-state index contributed by atoms with van der Waals surface area (Å²) in [4.78, 5) is 12.1. The highest BCUT2D eigenvalue weighted by Crippen LogP contribution is 2.29. The summed E-state index contributed by atoms with van der Waals surface area (Å²) in [6.45, 7) is 1.86. The monoisotopic (exact) mass is 357 g/mol. The van der Waals surface area contributed by atoms with Gasteiger partial charge < -0.3 is 5.32 Å². The third-order valence-electron chi connectivity index (χ3n) is 2.58. The van der Waals surface area contributed by atoms with E-state index in [1.165, 1.54) is 0 Å². The fraction of sp³-hybridized carbons (Fsp3) is 0.0714. The minimum atomic E-state index is -0.233. The molecular weight excluding hydrogens is 349 g/mol. The lowest BCUT2D eigenvalue weighted by molar-refractivity contribution is 0.102. The van der Waals surface area contributed by atoms with Crippen LogP contribution in [0.3, 0.4) is 0 Å². The topological polar surface area (TPSA) is 29.1 Å². The zero-order valence-electron chi connectivity index (χ0n) is 10.0. The van der Waals surface area contributed by atoms with Crippen molar-refractivity contribution in [3.05, 3.63) is 62.0 Å². The molecule has 0 aliphatic heterocycles. The average molecular weight is 359 g/mol. The van der Waals surface area contributed by atoms with Crippen molar-refractivity contribution in [3.63, 3.8) is 0 Å². The Morgan fingerprint density at radius 2 is 1.89 bits per heavy atom. The van der Waals surface area contributed by atoms with Crippen molar-refractivity contribution < 1.29 is 4.79 Å². The van der Waals surface area contributed by atoms with Gasteiger partial charge in [0.2, 0.25) is 0 Å². The predicted molar refractivity (Wildman–Crippen MR) is 83.3 cm³/mol. The van der Waals surface area contributed by atoms with E-state index in [-0.39, 0.29) is 5.91 Å². The van der Waals surface area contributed by atoms with Gasteiger partial charge in [-0.2, -0.15) is 0 Å². The number of hydrogen-bond donors (Lipinski definition) is 1. The fourth-order valence-corrected chi connectivity index (χ4v) is 2.39. The fourth-order valence-electron chi connectivity index (χ4n) is 1.57. The van der Waals surface area contributed by atoms with E-state index in [0.717, 1.165) is 10.0 Å². The standard InChI is InChI=1S/C14H10BrCl2NO/c1-8-5-12(17)13(7-11(8)16)18-14(19)9-3-2-4-10(15)6-9/h2-7H,1H3,(H,18,19). The number of halogens is 3. The first-order valence-corrected chi connectivity index (χ1v) is 7.05. The molecule has 19 heavy (non-hydrogen) atoms. The summed E-state index contributed by atoms with van der Waals surface area (Å²) < 4.78 is 0.841. The second kappa shape index (κ2) is 5.95. The molecule has 0 heterocycles. The van der Waals surface area contributed by atoms with Crippen LogP contribution in [0.5, 0.6) is 0 Å². The number of carbonyl (C=O) groups excluding carboxylic acids is 1. The number of rotatable bonds is 2. The molecule has 2 aromatic carbocycles. The van der Waals surface area contributed by atoms with E-state index in [9.17, 15) is 4.79 Å². The maximum atomic E-state index is 12.1. The Morgan fingerprint density at radius 3 is 2.58 bits per heavy atom. The third kappa shape index (κ3) is 3.50. The van der Waals surface area contributed by atoms with Gasteiger partial charge in [-0.15, -0.1) is 0 Å². The van der Waals surface area contributed by atoms with Gasteiger partial charge in [0.25, 0.3) is 5.91 Å². The van der Waals surface area contributed by atoms with E-state index in [4.69, 9.17) is 23.2 Å². The second-order valence-corrected chi connectivity index (χ2v) is 5.78. The highest BCUT2D eigenvalue weighted by atomic mass is 79.9. The van der Waals surface area contributed by atoms with E-state index in [2.05, 4.69) is 21.2 Å². The molecule has 5 heteroatoms. The molecule has 0 bridgehead atoms. The molecule has 0 spiro atoms. The Morgan fingerprint density at radius 1 is 1.16 bits per heavy atom. The highest BCUT2D eigenvalue weighted by molar-refractivity contribution is 9.10. The minimum Gasteiger partial charge on any atom is -0.321 e. The van der Waals surface area contributed by atoms with Crippen LogP contribution in [0.2, 0.25) is 10.0 Å². The Labute approximate surface area is 129 Å². The van der Waals surface area contributed by atoms with Crippen LogP contribution in [0.25, 0.3) is 0 Å². The van der Waals surface area contributed by atoms with Crippen molar-refractivity contribution in [2.45, 2.75) is 6.92 Å². The molecule has 0 saturated heterocycles. The number of nitrogens with one attached hydrogen (secondary N) is 1. The molecule has 0 aromatic heterocycles. The Bertz CT molecular complexity index is 643. The first-order valence-electron chi connectivity index (χ1n) is 5.50. The van der Waals surface area contributed by atoms with Gasteiger partial charge in [0, 0.05) is 15.1 Å². The number of amides is 1. The van der Waals surface area contributed by atoms with E-state index in [0.29, 0.717) is 21.3 Å². The van der Waals surface area contributed by atoms with Gasteiger partial charge in [-0.1, -0.05) is 45.2 Å². The van der Waals surface area contributed by atoms with Crippen LogP contribution >= 0.6 is 39.1 Å². The Balaban J connectivity index is 2.27. The average Bonchev–Trinajstić information content (AvgIpc) is 2.36. The van der Waals surface area contributed by atoms with Gasteiger partial charge in [0.05, 0.1) is 10.7 Å². The first kappa shape index (κ1) is 14.4. The number of aryl methyl sites for hydroxylation is 1. The molecule has 2 nitrogen and oxygen atoms in total. The largest absolute Gasteiger partial charge is 0.321 e. The van der Waals surface area contributed by atoms with Crippen LogP contribution in [0.1, 0.15) is 15.9 Å². The molecule has 98 valence electrons. The lowest BCUT2D eigenvalue weighted by Crippen LogP contribution is -2.12. The van der Waals surface area contributed by atoms with Crippen LogP contribution in [0, 0.1) is 6.92 Å². The van der Waals surface area contributed by atoms with Gasteiger partial charge in [-0.3, -0.25) is 4.79 Å². The van der Waals surface area contributed by atoms with Gasteiger partial charge in [-0.05, 0) is 42.8 Å². The summed E-state index contributed by atoms with van der Waals surface area (Å²) in [5, 5.41) is 3.77. The zero-order chi connectivity index (χ0) is 14.0. The maximum Gasteiger partial charge on any atom is 0.255 e. The van der Waals surface area contributed by atoms with E-state index in [1.807, 2.05) is 13.0 Å². The summed E-state index contributed by atoms with van der Waals surface area (Å²) in [7, 11) is 0. The van der Waals surface area contributed by atoms with Crippen molar-refractivity contribution in [1.82, 2.24) is 0 Å². The molecule has 0 fully saturated rings. The summed E-state index contributed by atoms with van der Waals surface area (Å²) >= 11 is 15.4. The molecule has 0 aliphatic carbocycles. The smallest absolute Gasteiger partial charge is 0.255 e. The van der Waals surface area contributed by atoms with Crippen molar-refractivity contribution in [2.75, 3.05) is 5.32 Å². The van der Waals surface area contributed by atoms with Crippen molar-refractivity contribution >= 4 is 50.7 Å². The Hall–Kier alpha value is -1.03. The normalized spacial score (nSPS) is 10.3. The van der Waals surface area contributed by atoms with Crippen LogP contribution in [-0.2, 0) is 0 Å². The SMILES string of the molecule is Cc1cc(Cl)c(NC(=O)c2cccc(Br)c2)cc1Cl. The predicted octanol–water partition coefficient (Wildman–Crippen LogP) is 5.32. The van der Waals surface area contributed by atoms with Crippen LogP contribution in [0.4, 0.5) is 5.69 Å². The summed E-state index contributed by atoms with van der Waals surface area (Å²) in [6, 6.07) is 10.5. The molecule has 0 atom stereocenters. The lowest BCUT2D eigenvalue weighted by atomic mass is 10.2. The second-order valence-electron chi connectivity index (χ2n) is 4.05. The maximum absolute atomic E-state index is 12.1. The van der Waals surface area contributed by atoms with E-state index >= 15 is 0 Å². The summed E-state index contributed by atoms with van der Waals surface area (Å²) in [5.41, 5.74) is 1.91. The molecule has 1 N–H and O–H groups in total. The zero-order valence-corrected chi connectivity index (χ0v) is 13.1. The molecule has 0 saturated carbocycles. The molecule has 0 radical (unpaired) electrons. The van der Waals surface area contributed by atoms with Crippen LogP contribution in [0.15, 0.2) is 40.9 Å². The molecule has 1 amide bonds. The molecular formula is C14H10BrCl2NO. The lowest BCUT2D eigenvalue weighted by Gasteiger charge is -2.09. The highest BCUT2D eigenvalue weighted by Gasteiger charge is 2.10. The van der Waals surface area contributed by atoms with Gasteiger partial charge >= 0.3 is 0 Å². The minimum absolute atomic E-state index is 0.233. The van der Waals surface area contributed by atoms with Gasteiger partial charge in [-0.25, -0.2) is 0 Å². The van der Waals surface area contributed by atoms with Crippen molar-refractivity contribution in [2.24, 2.45) is 0 Å². The number of carbonyl (C=O) groups is 1. The number of hydrogen-bond acceptors (Lipinski definition) is 1. The molecule has 0 aliphatic rings. The van der Waals surface area contributed by atoms with Crippen molar-refractivity contribution in [1.29, 1.82) is 0 Å². The third-order valence-corrected chi connectivity index (χ3v) is 3.80. The quantitative estimate of drug-likeness (QED) is 0.773. The first-order chi connectivity index (χ1) is 8.97. The molecule has 2 aromatic rings. The van der Waals surface area contributed by atoms with Crippen LogP contribution < -0.4 is 5.32 Å². The molecule has 2 rings (SSSR count). The van der Waals surface area contributed by atoms with E-state index < -0.39 is 0 Å². The summed E-state index contributed by atoms with van der Waals surface area (Å²) in [6.07, 6.45) is 0. The molecule has 0 unspecified atom stereocenters. The van der Waals surface area contributed by atoms with Gasteiger partial charge in [0.1, 0.15) is 0 Å². The van der Waals surface area contributed by atoms with E-state index in [1.54, 1.807) is 30.3 Å².